The van der Waals surface area contributed by atoms with Crippen LogP contribution in [0, 0.1) is 0 Å². The average molecular weight is 175 g/mol. The van der Waals surface area contributed by atoms with Gasteiger partial charge in [0.2, 0.25) is 0 Å². The molecule has 0 spiro atoms. The van der Waals surface area contributed by atoms with E-state index in [4.69, 9.17) is 4.42 Å². The van der Waals surface area contributed by atoms with Gasteiger partial charge in [0.15, 0.2) is 5.58 Å². The van der Waals surface area contributed by atoms with Gasteiger partial charge in [-0.1, -0.05) is 20.8 Å². The molecule has 2 heteroatoms. The Hall–Kier alpha value is -1.31. The van der Waals surface area contributed by atoms with Gasteiger partial charge in [-0.25, -0.2) is 0 Å². The Morgan fingerprint density at radius 1 is 1.23 bits per heavy atom. The Bertz CT molecular complexity index is 423. The first kappa shape index (κ1) is 8.30. The number of hydrogen-bond donors (Lipinski definition) is 0. The maximum atomic E-state index is 5.29. The zero-order chi connectivity index (χ0) is 9.47. The van der Waals surface area contributed by atoms with E-state index in [0.717, 1.165) is 5.58 Å². The summed E-state index contributed by atoms with van der Waals surface area (Å²) in [5, 5.41) is 1.17. The summed E-state index contributed by atoms with van der Waals surface area (Å²) >= 11 is 0. The summed E-state index contributed by atoms with van der Waals surface area (Å²) < 4.78 is 5.29. The summed E-state index contributed by atoms with van der Waals surface area (Å²) in [5.41, 5.74) is 2.22. The Labute approximate surface area is 77.6 Å². The van der Waals surface area contributed by atoms with Crippen molar-refractivity contribution < 1.29 is 4.42 Å². The molecule has 0 amide bonds. The van der Waals surface area contributed by atoms with Crippen molar-refractivity contribution in [3.05, 3.63) is 30.3 Å². The normalized spacial score (nSPS) is 12.2. The first-order valence-corrected chi connectivity index (χ1v) is 4.41. The molecule has 2 rings (SSSR count). The van der Waals surface area contributed by atoms with Crippen LogP contribution in [-0.4, -0.2) is 4.98 Å². The minimum Gasteiger partial charge on any atom is -0.463 e. The van der Waals surface area contributed by atoms with Gasteiger partial charge in [-0.3, -0.25) is 4.98 Å². The summed E-state index contributed by atoms with van der Waals surface area (Å²) in [7, 11) is 0. The smallest absolute Gasteiger partial charge is 0.152 e. The van der Waals surface area contributed by atoms with Crippen molar-refractivity contribution in [1.82, 2.24) is 4.98 Å². The van der Waals surface area contributed by atoms with E-state index >= 15 is 0 Å². The Balaban J connectivity index is 2.75. The van der Waals surface area contributed by atoms with Crippen LogP contribution in [0.25, 0.3) is 11.0 Å². The molecule has 2 aromatic heterocycles. The zero-order valence-corrected chi connectivity index (χ0v) is 8.16. The zero-order valence-electron chi connectivity index (χ0n) is 8.16. The minimum absolute atomic E-state index is 0.121. The molecule has 0 atom stereocenters. The van der Waals surface area contributed by atoms with Crippen LogP contribution >= 0.6 is 0 Å². The number of fused-ring (bicyclic) bond motifs is 1. The average Bonchev–Trinajstić information content (AvgIpc) is 2.48. The molecule has 2 heterocycles. The highest BCUT2D eigenvalue weighted by molar-refractivity contribution is 5.80. The second-order valence-electron chi connectivity index (χ2n) is 4.27. The molecular formula is C11H13NO. The quantitative estimate of drug-likeness (QED) is 0.614. The molecule has 0 N–H and O–H groups in total. The lowest BCUT2D eigenvalue weighted by molar-refractivity contribution is 0.589. The van der Waals surface area contributed by atoms with Crippen molar-refractivity contribution in [2.75, 3.05) is 0 Å². The van der Waals surface area contributed by atoms with Crippen LogP contribution in [0.1, 0.15) is 26.3 Å². The van der Waals surface area contributed by atoms with Gasteiger partial charge in [-0.05, 0) is 17.0 Å². The van der Waals surface area contributed by atoms with E-state index in [-0.39, 0.29) is 5.41 Å². The Morgan fingerprint density at radius 2 is 2.00 bits per heavy atom. The lowest BCUT2D eigenvalue weighted by Gasteiger charge is -2.18. The number of aromatic nitrogens is 1. The third-order valence-corrected chi connectivity index (χ3v) is 2.19. The fourth-order valence-corrected chi connectivity index (χ4v) is 1.49. The number of hydrogen-bond acceptors (Lipinski definition) is 2. The van der Waals surface area contributed by atoms with Crippen molar-refractivity contribution in [3.63, 3.8) is 0 Å². The van der Waals surface area contributed by atoms with E-state index < -0.39 is 0 Å². The van der Waals surface area contributed by atoms with E-state index in [1.165, 1.54) is 10.9 Å². The van der Waals surface area contributed by atoms with Crippen LogP contribution in [0.3, 0.4) is 0 Å². The minimum atomic E-state index is 0.121. The van der Waals surface area contributed by atoms with Crippen molar-refractivity contribution in [2.45, 2.75) is 26.2 Å². The predicted octanol–water partition coefficient (Wildman–Crippen LogP) is 3.13. The first-order chi connectivity index (χ1) is 6.09. The highest BCUT2D eigenvalue weighted by atomic mass is 16.3. The van der Waals surface area contributed by atoms with Crippen molar-refractivity contribution in [1.29, 1.82) is 0 Å². The standard InChI is InChI=1S/C11H13NO/c1-11(2,3)9-6-12-7-10-8(9)4-5-13-10/h4-7H,1-3H3. The predicted molar refractivity (Wildman–Crippen MR) is 52.7 cm³/mol. The number of nitrogens with zero attached hydrogens (tertiary/aromatic N) is 1. The van der Waals surface area contributed by atoms with Crippen LogP contribution in [0.4, 0.5) is 0 Å². The molecule has 13 heavy (non-hydrogen) atoms. The summed E-state index contributed by atoms with van der Waals surface area (Å²) in [6.07, 6.45) is 5.38. The molecule has 0 unspecified atom stereocenters. The number of pyridine rings is 1. The molecule has 0 radical (unpaired) electrons. The SMILES string of the molecule is CC(C)(C)c1cncc2occc12. The molecule has 0 aromatic carbocycles. The molecule has 0 saturated heterocycles. The third kappa shape index (κ3) is 1.32. The van der Waals surface area contributed by atoms with Crippen LogP contribution in [0.5, 0.6) is 0 Å². The maximum Gasteiger partial charge on any atom is 0.152 e. The van der Waals surface area contributed by atoms with Gasteiger partial charge in [-0.2, -0.15) is 0 Å². The molecule has 2 aromatic rings. The van der Waals surface area contributed by atoms with Gasteiger partial charge in [0, 0.05) is 11.6 Å². The highest BCUT2D eigenvalue weighted by Crippen LogP contribution is 2.29. The highest BCUT2D eigenvalue weighted by Gasteiger charge is 2.17. The van der Waals surface area contributed by atoms with Gasteiger partial charge in [0.1, 0.15) is 0 Å². The van der Waals surface area contributed by atoms with Crippen LogP contribution in [0.2, 0.25) is 0 Å². The van der Waals surface area contributed by atoms with E-state index in [1.807, 2.05) is 12.3 Å². The van der Waals surface area contributed by atoms with Crippen LogP contribution < -0.4 is 0 Å². The topological polar surface area (TPSA) is 26.0 Å². The van der Waals surface area contributed by atoms with Crippen molar-refractivity contribution in [2.24, 2.45) is 0 Å². The van der Waals surface area contributed by atoms with E-state index in [2.05, 4.69) is 25.8 Å². The molecular weight excluding hydrogens is 162 g/mol. The second-order valence-corrected chi connectivity index (χ2v) is 4.27. The third-order valence-electron chi connectivity index (χ3n) is 2.19. The maximum absolute atomic E-state index is 5.29. The molecule has 2 nitrogen and oxygen atoms in total. The van der Waals surface area contributed by atoms with Crippen LogP contribution in [0.15, 0.2) is 29.1 Å². The van der Waals surface area contributed by atoms with Gasteiger partial charge in [0.05, 0.1) is 12.5 Å². The fraction of sp³-hybridized carbons (Fsp3) is 0.364. The van der Waals surface area contributed by atoms with Gasteiger partial charge in [-0.15, -0.1) is 0 Å². The second kappa shape index (κ2) is 2.59. The number of rotatable bonds is 0. The fourth-order valence-electron chi connectivity index (χ4n) is 1.49. The van der Waals surface area contributed by atoms with Gasteiger partial charge < -0.3 is 4.42 Å². The first-order valence-electron chi connectivity index (χ1n) is 4.41. The summed E-state index contributed by atoms with van der Waals surface area (Å²) in [5.74, 6) is 0. The molecule has 0 aliphatic carbocycles. The van der Waals surface area contributed by atoms with Crippen LogP contribution in [-0.2, 0) is 5.41 Å². The van der Waals surface area contributed by atoms with Crippen molar-refractivity contribution >= 4 is 11.0 Å². The molecule has 68 valence electrons. The monoisotopic (exact) mass is 175 g/mol. The largest absolute Gasteiger partial charge is 0.463 e. The van der Waals surface area contributed by atoms with E-state index in [0.29, 0.717) is 0 Å². The van der Waals surface area contributed by atoms with Gasteiger partial charge in [0.25, 0.3) is 0 Å². The molecule has 0 fully saturated rings. The van der Waals surface area contributed by atoms with Crippen molar-refractivity contribution in [3.8, 4) is 0 Å². The molecule has 0 saturated carbocycles. The van der Waals surface area contributed by atoms with E-state index in [9.17, 15) is 0 Å². The molecule has 0 aliphatic rings. The van der Waals surface area contributed by atoms with E-state index in [1.54, 1.807) is 12.5 Å². The lowest BCUT2D eigenvalue weighted by Crippen LogP contribution is -2.11. The Kier molecular flexibility index (Phi) is 1.65. The Morgan fingerprint density at radius 3 is 2.69 bits per heavy atom. The summed E-state index contributed by atoms with van der Waals surface area (Å²) in [4.78, 5) is 4.16. The lowest BCUT2D eigenvalue weighted by atomic mass is 9.86. The summed E-state index contributed by atoms with van der Waals surface area (Å²) in [6.45, 7) is 6.53. The van der Waals surface area contributed by atoms with Gasteiger partial charge >= 0.3 is 0 Å². The molecule has 0 bridgehead atoms. The molecule has 0 aliphatic heterocycles. The summed E-state index contributed by atoms with van der Waals surface area (Å²) in [6, 6.07) is 2.00. The number of furan rings is 1.